The number of carbonyl (C=O) groups is 3. The lowest BCUT2D eigenvalue weighted by molar-refractivity contribution is -0.142. The first-order valence-corrected chi connectivity index (χ1v) is 8.71. The number of nitrogens with two attached hydrogens (primary N) is 1. The average Bonchev–Trinajstić information content (AvgIpc) is 3.01. The van der Waals surface area contributed by atoms with Gasteiger partial charge in [0.15, 0.2) is 5.12 Å². The van der Waals surface area contributed by atoms with Crippen molar-refractivity contribution in [2.45, 2.75) is 36.9 Å². The molecule has 1 aromatic heterocycles. The first-order valence-electron chi connectivity index (χ1n) is 7.90. The van der Waals surface area contributed by atoms with Crippen LogP contribution in [0.15, 0.2) is 41.7 Å². The largest absolute Gasteiger partial charge is 0.480 e. The number of carbonyl (C=O) groups excluding carboxylic acids is 2. The molecule has 0 aliphatic rings. The topological polar surface area (TPSA) is 138 Å². The van der Waals surface area contributed by atoms with Gasteiger partial charge in [0, 0.05) is 13.3 Å². The van der Waals surface area contributed by atoms with E-state index in [4.69, 9.17) is 5.73 Å². The average molecular weight is 376 g/mol. The Hall–Kier alpha value is -2.65. The molecule has 0 saturated carbocycles. The van der Waals surface area contributed by atoms with Gasteiger partial charge in [-0.05, 0) is 23.7 Å². The summed E-state index contributed by atoms with van der Waals surface area (Å²) in [5, 5.41) is 12.1. The molecule has 9 heteroatoms. The van der Waals surface area contributed by atoms with Gasteiger partial charge in [-0.2, -0.15) is 0 Å². The van der Waals surface area contributed by atoms with Crippen molar-refractivity contribution in [3.05, 3.63) is 47.9 Å². The highest BCUT2D eigenvalue weighted by atomic mass is 32.2. The maximum absolute atomic E-state index is 12.3. The van der Waals surface area contributed by atoms with Crippen LogP contribution in [0.4, 0.5) is 0 Å². The second-order valence-electron chi connectivity index (χ2n) is 5.68. The number of imidazole rings is 1. The number of aromatic amines is 1. The molecule has 0 fully saturated rings. The summed E-state index contributed by atoms with van der Waals surface area (Å²) in [6.45, 7) is 1.39. The lowest BCUT2D eigenvalue weighted by Gasteiger charge is -2.18. The Morgan fingerprint density at radius 3 is 2.58 bits per heavy atom. The fourth-order valence-electron chi connectivity index (χ4n) is 2.32. The monoisotopic (exact) mass is 376 g/mol. The number of amides is 1. The molecule has 2 rings (SSSR count). The van der Waals surface area contributed by atoms with E-state index in [2.05, 4.69) is 15.3 Å². The second kappa shape index (κ2) is 9.16. The van der Waals surface area contributed by atoms with E-state index in [0.717, 1.165) is 17.3 Å². The Kier molecular flexibility index (Phi) is 6.93. The van der Waals surface area contributed by atoms with Crippen LogP contribution in [0.2, 0.25) is 0 Å². The van der Waals surface area contributed by atoms with Gasteiger partial charge in [0.05, 0.1) is 18.1 Å². The Bertz CT molecular complexity index is 778. The summed E-state index contributed by atoms with van der Waals surface area (Å²) in [7, 11) is 0. The zero-order valence-corrected chi connectivity index (χ0v) is 15.0. The first kappa shape index (κ1) is 19.7. The van der Waals surface area contributed by atoms with Crippen molar-refractivity contribution in [2.24, 2.45) is 5.73 Å². The molecule has 138 valence electrons. The van der Waals surface area contributed by atoms with Crippen molar-refractivity contribution >= 4 is 28.8 Å². The number of hydrogen-bond acceptors (Lipinski definition) is 6. The number of thioether (sulfide) groups is 1. The highest BCUT2D eigenvalue weighted by molar-refractivity contribution is 8.13. The number of nitrogens with one attached hydrogen (secondary N) is 2. The van der Waals surface area contributed by atoms with Crippen LogP contribution in [0, 0.1) is 0 Å². The van der Waals surface area contributed by atoms with Gasteiger partial charge in [0.25, 0.3) is 0 Å². The molecule has 2 aromatic rings. The fourth-order valence-corrected chi connectivity index (χ4v) is 2.97. The summed E-state index contributed by atoms with van der Waals surface area (Å²) >= 11 is 0.901. The molecule has 1 heterocycles. The first-order chi connectivity index (χ1) is 12.4. The molecular formula is C17H20N4O4S. The minimum Gasteiger partial charge on any atom is -0.480 e. The van der Waals surface area contributed by atoms with Crippen molar-refractivity contribution in [2.75, 3.05) is 0 Å². The number of aliphatic carboxylic acids is 1. The van der Waals surface area contributed by atoms with E-state index in [9.17, 15) is 19.5 Å². The number of carboxylic acid groups (broad SMARTS) is 1. The number of nitrogens with zero attached hydrogens (tertiary/aromatic N) is 1. The summed E-state index contributed by atoms with van der Waals surface area (Å²) < 4.78 is 0. The third-order valence-corrected chi connectivity index (χ3v) is 4.41. The molecule has 0 radical (unpaired) electrons. The predicted molar refractivity (Wildman–Crippen MR) is 96.5 cm³/mol. The maximum Gasteiger partial charge on any atom is 0.326 e. The third kappa shape index (κ3) is 5.71. The molecule has 0 aliphatic carbocycles. The number of rotatable bonds is 8. The van der Waals surface area contributed by atoms with E-state index < -0.39 is 24.0 Å². The van der Waals surface area contributed by atoms with Crippen LogP contribution in [0.1, 0.15) is 18.2 Å². The third-order valence-electron chi connectivity index (χ3n) is 3.58. The molecular weight excluding hydrogens is 356 g/mol. The summed E-state index contributed by atoms with van der Waals surface area (Å²) in [5.74, 6) is -1.75. The molecule has 1 aromatic carbocycles. The summed E-state index contributed by atoms with van der Waals surface area (Å²) in [6, 6.07) is 7.17. The second-order valence-corrected chi connectivity index (χ2v) is 6.85. The summed E-state index contributed by atoms with van der Waals surface area (Å²) in [4.78, 5) is 41.8. The molecule has 5 N–H and O–H groups in total. The Labute approximate surface area is 154 Å². The van der Waals surface area contributed by atoms with Gasteiger partial charge >= 0.3 is 5.97 Å². The Morgan fingerprint density at radius 2 is 1.96 bits per heavy atom. The van der Waals surface area contributed by atoms with E-state index in [-0.39, 0.29) is 11.5 Å². The molecule has 0 unspecified atom stereocenters. The standard InChI is InChI=1S/C17H20N4O4S/c1-10(22)26-16-13(19-9-20-16)8-14(17(24)25)21-15(23)12(18)7-11-5-3-2-4-6-11/h2-6,9,12,14H,7-8,18H2,1H3,(H,19,20)(H,21,23)(H,24,25)/t12-,14-/m0/s1. The maximum atomic E-state index is 12.3. The van der Waals surface area contributed by atoms with Crippen LogP contribution in [0.3, 0.4) is 0 Å². The van der Waals surface area contributed by atoms with Crippen molar-refractivity contribution < 1.29 is 19.5 Å². The number of H-pyrrole nitrogens is 1. The van der Waals surface area contributed by atoms with Crippen LogP contribution in [-0.2, 0) is 27.2 Å². The minimum absolute atomic E-state index is 0.0330. The minimum atomic E-state index is -1.20. The van der Waals surface area contributed by atoms with Crippen LogP contribution < -0.4 is 11.1 Å². The number of hydrogen-bond donors (Lipinski definition) is 4. The van der Waals surface area contributed by atoms with E-state index in [0.29, 0.717) is 17.1 Å². The van der Waals surface area contributed by atoms with Crippen LogP contribution in [0.25, 0.3) is 0 Å². The normalized spacial score (nSPS) is 13.0. The van der Waals surface area contributed by atoms with Crippen molar-refractivity contribution in [1.29, 1.82) is 0 Å². The van der Waals surface area contributed by atoms with E-state index >= 15 is 0 Å². The lowest BCUT2D eigenvalue weighted by atomic mass is 10.1. The van der Waals surface area contributed by atoms with E-state index in [1.165, 1.54) is 13.3 Å². The van der Waals surface area contributed by atoms with E-state index in [1.54, 1.807) is 0 Å². The quantitative estimate of drug-likeness (QED) is 0.498. The SMILES string of the molecule is CC(=O)Sc1nc[nH]c1C[C@H](NC(=O)[C@@H](N)Cc1ccccc1)C(=O)O. The molecule has 26 heavy (non-hydrogen) atoms. The van der Waals surface area contributed by atoms with Gasteiger partial charge in [0.1, 0.15) is 11.1 Å². The number of carboxylic acids is 1. The highest BCUT2D eigenvalue weighted by Crippen LogP contribution is 2.20. The van der Waals surface area contributed by atoms with E-state index in [1.807, 2.05) is 30.3 Å². The van der Waals surface area contributed by atoms with Gasteiger partial charge in [-0.1, -0.05) is 30.3 Å². The van der Waals surface area contributed by atoms with Gasteiger partial charge in [-0.15, -0.1) is 0 Å². The lowest BCUT2D eigenvalue weighted by Crippen LogP contribution is -2.50. The van der Waals surface area contributed by atoms with Crippen molar-refractivity contribution in [1.82, 2.24) is 15.3 Å². The summed E-state index contributed by atoms with van der Waals surface area (Å²) in [6.07, 6.45) is 1.64. The zero-order valence-electron chi connectivity index (χ0n) is 14.1. The Morgan fingerprint density at radius 1 is 1.27 bits per heavy atom. The molecule has 0 bridgehead atoms. The molecule has 0 saturated heterocycles. The molecule has 8 nitrogen and oxygen atoms in total. The van der Waals surface area contributed by atoms with Crippen LogP contribution in [0.5, 0.6) is 0 Å². The highest BCUT2D eigenvalue weighted by Gasteiger charge is 2.25. The predicted octanol–water partition coefficient (Wildman–Crippen LogP) is 0.730. The fraction of sp³-hybridized carbons (Fsp3) is 0.294. The molecule has 0 spiro atoms. The van der Waals surface area contributed by atoms with Crippen LogP contribution >= 0.6 is 11.8 Å². The van der Waals surface area contributed by atoms with Gasteiger partial charge < -0.3 is 21.1 Å². The number of benzene rings is 1. The summed E-state index contributed by atoms with van der Waals surface area (Å²) in [5.41, 5.74) is 7.25. The zero-order chi connectivity index (χ0) is 19.1. The van der Waals surface area contributed by atoms with Crippen molar-refractivity contribution in [3.63, 3.8) is 0 Å². The van der Waals surface area contributed by atoms with Gasteiger partial charge in [-0.3, -0.25) is 9.59 Å². The number of aromatic nitrogens is 2. The smallest absolute Gasteiger partial charge is 0.326 e. The van der Waals surface area contributed by atoms with Crippen molar-refractivity contribution in [3.8, 4) is 0 Å². The van der Waals surface area contributed by atoms with Gasteiger partial charge in [0.2, 0.25) is 5.91 Å². The molecule has 1 amide bonds. The molecule has 2 atom stereocenters. The Balaban J connectivity index is 2.01. The molecule has 0 aliphatic heterocycles. The van der Waals surface area contributed by atoms with Gasteiger partial charge in [-0.25, -0.2) is 9.78 Å². The van der Waals surface area contributed by atoms with Crippen LogP contribution in [-0.4, -0.2) is 44.1 Å².